The summed E-state index contributed by atoms with van der Waals surface area (Å²) in [5.74, 6) is -0.254. The molecular formula is C23H21N5O3S. The summed E-state index contributed by atoms with van der Waals surface area (Å²) in [6.07, 6.45) is 4.34. The topological polar surface area (TPSA) is 125 Å². The fourth-order valence-electron chi connectivity index (χ4n) is 2.74. The lowest BCUT2D eigenvalue weighted by molar-refractivity contribution is -0.112. The van der Waals surface area contributed by atoms with Gasteiger partial charge in [-0.15, -0.1) is 0 Å². The van der Waals surface area contributed by atoms with Crippen LogP contribution in [0.4, 0.5) is 11.6 Å². The first-order valence-electron chi connectivity index (χ1n) is 9.71. The number of aromatic nitrogens is 2. The molecule has 0 bridgehead atoms. The first kappa shape index (κ1) is 22.7. The minimum absolute atomic E-state index is 0.0238. The minimum Gasteiger partial charge on any atom is -0.321 e. The fourth-order valence-corrected chi connectivity index (χ4v) is 3.70. The molecule has 9 heteroatoms. The molecular weight excluding hydrogens is 426 g/mol. The van der Waals surface area contributed by atoms with Gasteiger partial charge in [0.1, 0.15) is 11.6 Å². The van der Waals surface area contributed by atoms with Gasteiger partial charge in [-0.05, 0) is 53.5 Å². The molecule has 32 heavy (non-hydrogen) atoms. The molecule has 0 saturated heterocycles. The molecule has 2 N–H and O–H groups in total. The number of hydrogen-bond donors (Lipinski definition) is 2. The van der Waals surface area contributed by atoms with E-state index in [1.807, 2.05) is 30.3 Å². The quantitative estimate of drug-likeness (QED) is 0.417. The van der Waals surface area contributed by atoms with E-state index in [2.05, 4.69) is 33.9 Å². The van der Waals surface area contributed by atoms with E-state index >= 15 is 0 Å². The van der Waals surface area contributed by atoms with Gasteiger partial charge in [0, 0.05) is 18.1 Å². The third-order valence-corrected chi connectivity index (χ3v) is 5.84. The summed E-state index contributed by atoms with van der Waals surface area (Å²) in [4.78, 5) is 20.1. The molecule has 0 aliphatic heterocycles. The second kappa shape index (κ2) is 9.85. The average Bonchev–Trinajstić information content (AvgIpc) is 2.78. The second-order valence-corrected chi connectivity index (χ2v) is 8.83. The molecule has 3 rings (SSSR count). The Labute approximate surface area is 186 Å². The highest BCUT2D eigenvalue weighted by Gasteiger charge is 2.16. The molecule has 0 radical (unpaired) electrons. The molecule has 2 aromatic carbocycles. The van der Waals surface area contributed by atoms with Crippen LogP contribution in [0.25, 0.3) is 6.08 Å². The molecule has 0 aliphatic carbocycles. The minimum atomic E-state index is -3.88. The Morgan fingerprint density at radius 2 is 1.66 bits per heavy atom. The maximum absolute atomic E-state index is 12.5. The van der Waals surface area contributed by atoms with Gasteiger partial charge in [0.15, 0.2) is 0 Å². The Morgan fingerprint density at radius 3 is 2.22 bits per heavy atom. The van der Waals surface area contributed by atoms with E-state index < -0.39 is 15.9 Å². The van der Waals surface area contributed by atoms with Crippen LogP contribution in [-0.4, -0.2) is 24.3 Å². The van der Waals surface area contributed by atoms with Crippen LogP contribution in [0.3, 0.4) is 0 Å². The predicted octanol–water partition coefficient (Wildman–Crippen LogP) is 3.95. The van der Waals surface area contributed by atoms with Crippen molar-refractivity contribution in [1.82, 2.24) is 9.97 Å². The lowest BCUT2D eigenvalue weighted by Crippen LogP contribution is -2.16. The molecule has 3 aromatic rings. The van der Waals surface area contributed by atoms with Crippen molar-refractivity contribution in [3.8, 4) is 6.07 Å². The van der Waals surface area contributed by atoms with E-state index in [0.717, 1.165) is 11.1 Å². The molecule has 0 fully saturated rings. The van der Waals surface area contributed by atoms with Crippen LogP contribution in [0.5, 0.6) is 0 Å². The number of carbonyl (C=O) groups is 1. The zero-order chi connectivity index (χ0) is 23.1. The van der Waals surface area contributed by atoms with Crippen molar-refractivity contribution in [2.45, 2.75) is 24.7 Å². The number of hydrogen-bond acceptors (Lipinski definition) is 6. The van der Waals surface area contributed by atoms with Crippen molar-refractivity contribution >= 4 is 33.6 Å². The molecule has 8 nitrogen and oxygen atoms in total. The third-order valence-electron chi connectivity index (χ3n) is 4.49. The number of carbonyl (C=O) groups excluding carboxylic acids is 1. The predicted molar refractivity (Wildman–Crippen MR) is 122 cm³/mol. The molecule has 1 heterocycles. The highest BCUT2D eigenvalue weighted by Crippen LogP contribution is 2.19. The highest BCUT2D eigenvalue weighted by atomic mass is 32.2. The van der Waals surface area contributed by atoms with Gasteiger partial charge in [-0.2, -0.15) is 5.26 Å². The maximum atomic E-state index is 12.5. The lowest BCUT2D eigenvalue weighted by Gasteiger charge is -2.08. The van der Waals surface area contributed by atoms with Gasteiger partial charge < -0.3 is 5.32 Å². The Balaban J connectivity index is 1.71. The van der Waals surface area contributed by atoms with Gasteiger partial charge in [0.05, 0.1) is 4.90 Å². The number of sulfonamides is 1. The van der Waals surface area contributed by atoms with Crippen LogP contribution in [-0.2, 0) is 14.8 Å². The Kier molecular flexibility index (Phi) is 6.97. The van der Waals surface area contributed by atoms with Gasteiger partial charge in [-0.25, -0.2) is 23.1 Å². The number of nitrogens with one attached hydrogen (secondary N) is 2. The zero-order valence-electron chi connectivity index (χ0n) is 17.5. The van der Waals surface area contributed by atoms with Crippen LogP contribution < -0.4 is 10.0 Å². The molecule has 162 valence electrons. The van der Waals surface area contributed by atoms with Gasteiger partial charge in [0.25, 0.3) is 15.9 Å². The Morgan fingerprint density at radius 1 is 1.03 bits per heavy atom. The van der Waals surface area contributed by atoms with E-state index in [1.165, 1.54) is 42.7 Å². The lowest BCUT2D eigenvalue weighted by atomic mass is 10.0. The number of amides is 1. The summed E-state index contributed by atoms with van der Waals surface area (Å²) in [5, 5.41) is 12.0. The van der Waals surface area contributed by atoms with E-state index in [0.29, 0.717) is 11.6 Å². The largest absolute Gasteiger partial charge is 0.321 e. The van der Waals surface area contributed by atoms with E-state index in [9.17, 15) is 18.5 Å². The van der Waals surface area contributed by atoms with E-state index in [4.69, 9.17) is 0 Å². The third kappa shape index (κ3) is 5.77. The van der Waals surface area contributed by atoms with Crippen molar-refractivity contribution in [2.75, 3.05) is 10.0 Å². The van der Waals surface area contributed by atoms with Crippen LogP contribution >= 0.6 is 0 Å². The maximum Gasteiger partial charge on any atom is 0.266 e. The zero-order valence-corrected chi connectivity index (χ0v) is 18.3. The van der Waals surface area contributed by atoms with Crippen LogP contribution in [0, 0.1) is 11.3 Å². The van der Waals surface area contributed by atoms with Crippen LogP contribution in [0.1, 0.15) is 30.9 Å². The molecule has 0 atom stereocenters. The smallest absolute Gasteiger partial charge is 0.266 e. The average molecular weight is 448 g/mol. The molecule has 0 saturated carbocycles. The first-order chi connectivity index (χ1) is 15.3. The monoisotopic (exact) mass is 447 g/mol. The van der Waals surface area contributed by atoms with Gasteiger partial charge in [0.2, 0.25) is 5.95 Å². The van der Waals surface area contributed by atoms with Gasteiger partial charge in [-0.1, -0.05) is 38.1 Å². The van der Waals surface area contributed by atoms with E-state index in [-0.39, 0.29) is 16.4 Å². The first-order valence-corrected chi connectivity index (χ1v) is 11.2. The van der Waals surface area contributed by atoms with E-state index in [1.54, 1.807) is 6.07 Å². The van der Waals surface area contributed by atoms with Gasteiger partial charge >= 0.3 is 0 Å². The highest BCUT2D eigenvalue weighted by molar-refractivity contribution is 7.92. The van der Waals surface area contributed by atoms with Crippen molar-refractivity contribution in [3.05, 3.63) is 83.7 Å². The number of nitriles is 1. The van der Waals surface area contributed by atoms with Crippen molar-refractivity contribution in [2.24, 2.45) is 0 Å². The van der Waals surface area contributed by atoms with Crippen LogP contribution in [0.15, 0.2) is 77.5 Å². The molecule has 1 aromatic heterocycles. The molecule has 1 amide bonds. The molecule has 0 aliphatic rings. The van der Waals surface area contributed by atoms with Crippen molar-refractivity contribution in [3.63, 3.8) is 0 Å². The SMILES string of the molecule is CC(C)c1ccc(C=C(C#N)C(=O)Nc2ccc(S(=O)(=O)Nc3ncccn3)cc2)cc1. The number of nitrogens with zero attached hydrogens (tertiary/aromatic N) is 3. The summed E-state index contributed by atoms with van der Waals surface area (Å²) in [5.41, 5.74) is 2.17. The number of benzene rings is 2. The number of rotatable bonds is 7. The Hall–Kier alpha value is -4.03. The van der Waals surface area contributed by atoms with Crippen LogP contribution in [0.2, 0.25) is 0 Å². The number of anilines is 2. The molecule has 0 spiro atoms. The normalized spacial score (nSPS) is 11.6. The van der Waals surface area contributed by atoms with Crippen molar-refractivity contribution in [1.29, 1.82) is 5.26 Å². The summed E-state index contributed by atoms with van der Waals surface area (Å²) < 4.78 is 27.1. The summed E-state index contributed by atoms with van der Waals surface area (Å²) >= 11 is 0. The fraction of sp³-hybridized carbons (Fsp3) is 0.130. The Bertz CT molecular complexity index is 1260. The summed E-state index contributed by atoms with van der Waals surface area (Å²) in [6.45, 7) is 4.17. The molecule has 0 unspecified atom stereocenters. The van der Waals surface area contributed by atoms with Gasteiger partial charge in [-0.3, -0.25) is 4.79 Å². The van der Waals surface area contributed by atoms with Crippen molar-refractivity contribution < 1.29 is 13.2 Å². The second-order valence-electron chi connectivity index (χ2n) is 7.15. The standard InChI is InChI=1S/C23H21N5O3S/c1-16(2)18-6-4-17(5-7-18)14-19(15-24)22(29)27-20-8-10-21(11-9-20)32(30,31)28-23-25-12-3-13-26-23/h3-14,16H,1-2H3,(H,27,29)(H,25,26,28). The summed E-state index contributed by atoms with van der Waals surface area (Å²) in [7, 11) is -3.88. The summed E-state index contributed by atoms with van der Waals surface area (Å²) in [6, 6.07) is 16.6.